The number of nitrogens with one attached hydrogen (secondary N) is 1. The molecule has 4 nitrogen and oxygen atoms in total. The molecular weight excluding hydrogens is 256 g/mol. The molecule has 3 aromatic rings. The van der Waals surface area contributed by atoms with Crippen LogP contribution in [0.2, 0.25) is 0 Å². The van der Waals surface area contributed by atoms with Gasteiger partial charge in [-0.05, 0) is 42.6 Å². The topological polar surface area (TPSA) is 42.7 Å². The fourth-order valence-electron chi connectivity index (χ4n) is 1.91. The van der Waals surface area contributed by atoms with Crippen LogP contribution in [0, 0.1) is 0 Å². The molecule has 1 atom stereocenters. The molecule has 1 unspecified atom stereocenters. The molecule has 1 N–H and O–H groups in total. The molecule has 3 rings (SSSR count). The van der Waals surface area contributed by atoms with Crippen molar-refractivity contribution in [2.75, 3.05) is 5.32 Å². The lowest BCUT2D eigenvalue weighted by Crippen LogP contribution is -2.04. The Balaban J connectivity index is 1.73. The molecule has 0 saturated heterocycles. The molecule has 0 saturated carbocycles. The largest absolute Gasteiger partial charge is 0.378 e. The minimum absolute atomic E-state index is 0.317. The minimum Gasteiger partial charge on any atom is -0.378 e. The first-order valence-corrected chi connectivity index (χ1v) is 6.96. The van der Waals surface area contributed by atoms with Crippen LogP contribution in [0.1, 0.15) is 17.8 Å². The number of anilines is 1. The van der Waals surface area contributed by atoms with E-state index in [4.69, 9.17) is 0 Å². The Morgan fingerprint density at radius 3 is 2.68 bits per heavy atom. The molecule has 0 aliphatic carbocycles. The summed E-state index contributed by atoms with van der Waals surface area (Å²) in [5.41, 5.74) is 2.11. The Labute approximate surface area is 115 Å². The quantitative estimate of drug-likeness (QED) is 0.789. The fraction of sp³-hybridized carbons (Fsp3) is 0.143. The van der Waals surface area contributed by atoms with E-state index in [9.17, 15) is 0 Å². The Bertz CT molecular complexity index is 614. The van der Waals surface area contributed by atoms with Crippen molar-refractivity contribution in [3.63, 3.8) is 0 Å². The highest BCUT2D eigenvalue weighted by molar-refractivity contribution is 7.10. The zero-order chi connectivity index (χ0) is 13.1. The van der Waals surface area contributed by atoms with E-state index in [0.29, 0.717) is 6.04 Å². The lowest BCUT2D eigenvalue weighted by atomic mass is 10.2. The molecule has 2 aromatic heterocycles. The molecule has 0 amide bonds. The molecule has 19 heavy (non-hydrogen) atoms. The monoisotopic (exact) mass is 270 g/mol. The summed E-state index contributed by atoms with van der Waals surface area (Å²) in [6, 6.07) is 12.7. The number of nitrogens with zero attached hydrogens (tertiary/aromatic N) is 3. The van der Waals surface area contributed by atoms with Gasteiger partial charge in [0.25, 0.3) is 0 Å². The van der Waals surface area contributed by atoms with Crippen LogP contribution in [0.4, 0.5) is 5.69 Å². The van der Waals surface area contributed by atoms with Crippen molar-refractivity contribution in [1.82, 2.24) is 14.8 Å². The van der Waals surface area contributed by atoms with Crippen molar-refractivity contribution < 1.29 is 0 Å². The van der Waals surface area contributed by atoms with Gasteiger partial charge < -0.3 is 5.32 Å². The summed E-state index contributed by atoms with van der Waals surface area (Å²) in [7, 11) is 0. The SMILES string of the molecule is CC(Nc1ccc(-n2cncn2)cc1)c1cccs1. The highest BCUT2D eigenvalue weighted by Crippen LogP contribution is 2.23. The van der Waals surface area contributed by atoms with Crippen LogP contribution in [0.15, 0.2) is 54.4 Å². The average Bonchev–Trinajstić information content (AvgIpc) is 3.13. The number of benzene rings is 1. The first-order chi connectivity index (χ1) is 9.33. The second-order valence-corrected chi connectivity index (χ2v) is 5.25. The summed E-state index contributed by atoms with van der Waals surface area (Å²) in [6.07, 6.45) is 3.22. The number of aromatic nitrogens is 3. The van der Waals surface area contributed by atoms with Crippen LogP contribution >= 0.6 is 11.3 Å². The molecule has 0 radical (unpaired) electrons. The molecule has 2 heterocycles. The molecule has 0 bridgehead atoms. The zero-order valence-corrected chi connectivity index (χ0v) is 11.3. The zero-order valence-electron chi connectivity index (χ0n) is 10.5. The average molecular weight is 270 g/mol. The summed E-state index contributed by atoms with van der Waals surface area (Å²) in [5.74, 6) is 0. The number of hydrogen-bond acceptors (Lipinski definition) is 4. The lowest BCUT2D eigenvalue weighted by Gasteiger charge is -2.14. The van der Waals surface area contributed by atoms with Gasteiger partial charge in [-0.15, -0.1) is 11.3 Å². The molecular formula is C14H14N4S. The molecule has 0 fully saturated rings. The number of thiophene rings is 1. The van der Waals surface area contributed by atoms with Crippen molar-refractivity contribution in [3.05, 3.63) is 59.3 Å². The van der Waals surface area contributed by atoms with Gasteiger partial charge in [-0.1, -0.05) is 6.07 Å². The van der Waals surface area contributed by atoms with Gasteiger partial charge >= 0.3 is 0 Å². The van der Waals surface area contributed by atoms with Gasteiger partial charge in [-0.2, -0.15) is 5.10 Å². The van der Waals surface area contributed by atoms with E-state index in [-0.39, 0.29) is 0 Å². The maximum atomic E-state index is 4.10. The number of hydrogen-bond donors (Lipinski definition) is 1. The molecule has 0 spiro atoms. The predicted molar refractivity (Wildman–Crippen MR) is 77.7 cm³/mol. The Morgan fingerprint density at radius 2 is 2.05 bits per heavy atom. The van der Waals surface area contributed by atoms with Crippen molar-refractivity contribution in [1.29, 1.82) is 0 Å². The van der Waals surface area contributed by atoms with Crippen LogP contribution in [-0.2, 0) is 0 Å². The highest BCUT2D eigenvalue weighted by atomic mass is 32.1. The summed E-state index contributed by atoms with van der Waals surface area (Å²) in [4.78, 5) is 5.27. The van der Waals surface area contributed by atoms with Crippen molar-refractivity contribution in [3.8, 4) is 5.69 Å². The molecule has 0 aliphatic rings. The molecule has 0 aliphatic heterocycles. The van der Waals surface area contributed by atoms with Gasteiger partial charge in [0.05, 0.1) is 11.7 Å². The second-order valence-electron chi connectivity index (χ2n) is 4.27. The van der Waals surface area contributed by atoms with Crippen molar-refractivity contribution >= 4 is 17.0 Å². The van der Waals surface area contributed by atoms with E-state index in [1.807, 2.05) is 12.1 Å². The van der Waals surface area contributed by atoms with Crippen LogP contribution in [0.5, 0.6) is 0 Å². The van der Waals surface area contributed by atoms with Gasteiger partial charge in [-0.3, -0.25) is 0 Å². The van der Waals surface area contributed by atoms with Gasteiger partial charge in [-0.25, -0.2) is 9.67 Å². The predicted octanol–water partition coefficient (Wildman–Crippen LogP) is 3.50. The first kappa shape index (κ1) is 11.9. The van der Waals surface area contributed by atoms with Crippen molar-refractivity contribution in [2.24, 2.45) is 0 Å². The van der Waals surface area contributed by atoms with E-state index in [1.165, 1.54) is 11.2 Å². The summed E-state index contributed by atoms with van der Waals surface area (Å²) >= 11 is 1.77. The third-order valence-corrected chi connectivity index (χ3v) is 3.96. The number of rotatable bonds is 4. The van der Waals surface area contributed by atoms with Gasteiger partial charge in [0.2, 0.25) is 0 Å². The highest BCUT2D eigenvalue weighted by Gasteiger charge is 2.06. The maximum Gasteiger partial charge on any atom is 0.138 e. The first-order valence-electron chi connectivity index (χ1n) is 6.08. The smallest absolute Gasteiger partial charge is 0.138 e. The Morgan fingerprint density at radius 1 is 1.21 bits per heavy atom. The van der Waals surface area contributed by atoms with Gasteiger partial charge in [0, 0.05) is 10.6 Å². The van der Waals surface area contributed by atoms with E-state index in [2.05, 4.69) is 52.0 Å². The van der Waals surface area contributed by atoms with Crippen LogP contribution < -0.4 is 5.32 Å². The molecule has 96 valence electrons. The third kappa shape index (κ3) is 2.66. The second kappa shape index (κ2) is 5.24. The summed E-state index contributed by atoms with van der Waals surface area (Å²) in [5, 5.41) is 9.68. The van der Waals surface area contributed by atoms with E-state index in [1.54, 1.807) is 22.3 Å². The lowest BCUT2D eigenvalue weighted by molar-refractivity contribution is 0.876. The summed E-state index contributed by atoms with van der Waals surface area (Å²) < 4.78 is 1.74. The van der Waals surface area contributed by atoms with E-state index < -0.39 is 0 Å². The summed E-state index contributed by atoms with van der Waals surface area (Å²) in [6.45, 7) is 2.16. The van der Waals surface area contributed by atoms with Crippen molar-refractivity contribution in [2.45, 2.75) is 13.0 Å². The van der Waals surface area contributed by atoms with E-state index in [0.717, 1.165) is 11.4 Å². The Hall–Kier alpha value is -2.14. The van der Waals surface area contributed by atoms with Crippen LogP contribution in [-0.4, -0.2) is 14.8 Å². The minimum atomic E-state index is 0.317. The van der Waals surface area contributed by atoms with Gasteiger partial charge in [0.1, 0.15) is 12.7 Å². The standard InChI is InChI=1S/C14H14N4S/c1-11(14-3-2-8-19-14)17-12-4-6-13(7-5-12)18-10-15-9-16-18/h2-11,17H,1H3. The van der Waals surface area contributed by atoms with Crippen LogP contribution in [0.25, 0.3) is 5.69 Å². The van der Waals surface area contributed by atoms with E-state index >= 15 is 0 Å². The Kier molecular flexibility index (Phi) is 3.29. The fourth-order valence-corrected chi connectivity index (χ4v) is 2.65. The maximum absolute atomic E-state index is 4.10. The third-order valence-electron chi connectivity index (χ3n) is 2.90. The van der Waals surface area contributed by atoms with Crippen LogP contribution in [0.3, 0.4) is 0 Å². The van der Waals surface area contributed by atoms with Gasteiger partial charge in [0.15, 0.2) is 0 Å². The molecule has 5 heteroatoms. The molecule has 1 aromatic carbocycles. The normalized spacial score (nSPS) is 12.3.